The zero-order valence-electron chi connectivity index (χ0n) is 12.4. The zero-order chi connectivity index (χ0) is 16.2. The van der Waals surface area contributed by atoms with E-state index in [1.54, 1.807) is 18.3 Å². The molecule has 0 fully saturated rings. The number of carbonyl (C=O) groups excluding carboxylic acids is 1. The molecule has 2 heterocycles. The predicted octanol–water partition coefficient (Wildman–Crippen LogP) is 3.69. The molecule has 0 aliphatic carbocycles. The molecule has 0 spiro atoms. The lowest BCUT2D eigenvalue weighted by molar-refractivity contribution is 0.0466. The number of benzene rings is 1. The van der Waals surface area contributed by atoms with Crippen molar-refractivity contribution in [1.82, 2.24) is 4.98 Å². The number of fused-ring (bicyclic) bond motifs is 1. The van der Waals surface area contributed by atoms with Gasteiger partial charge in [-0.15, -0.1) is 11.8 Å². The molecule has 0 amide bonds. The van der Waals surface area contributed by atoms with E-state index in [1.807, 2.05) is 18.4 Å². The molecule has 7 heteroatoms. The molecule has 1 aliphatic rings. The summed E-state index contributed by atoms with van der Waals surface area (Å²) >= 11 is 4.88. The Bertz CT molecular complexity index is 738. The lowest BCUT2D eigenvalue weighted by atomic mass is 10.2. The molecule has 0 unspecified atom stereocenters. The normalized spacial score (nSPS) is 12.8. The van der Waals surface area contributed by atoms with Crippen molar-refractivity contribution in [3.8, 4) is 11.5 Å². The number of hydrogen-bond donors (Lipinski definition) is 0. The average molecular weight is 396 g/mol. The smallest absolute Gasteiger partial charge is 0.341 e. The van der Waals surface area contributed by atoms with Crippen LogP contribution in [0.1, 0.15) is 15.9 Å². The van der Waals surface area contributed by atoms with E-state index in [4.69, 9.17) is 14.2 Å². The van der Waals surface area contributed by atoms with Gasteiger partial charge in [-0.3, -0.25) is 0 Å². The van der Waals surface area contributed by atoms with E-state index in [0.29, 0.717) is 35.3 Å². The lowest BCUT2D eigenvalue weighted by Gasteiger charge is -2.20. The number of thioether (sulfide) groups is 1. The minimum absolute atomic E-state index is 0.138. The van der Waals surface area contributed by atoms with E-state index in [-0.39, 0.29) is 6.61 Å². The van der Waals surface area contributed by atoms with E-state index in [0.717, 1.165) is 10.0 Å². The summed E-state index contributed by atoms with van der Waals surface area (Å²) in [6, 6.07) is 7.08. The second-order valence-electron chi connectivity index (χ2n) is 4.72. The molecule has 0 radical (unpaired) electrons. The van der Waals surface area contributed by atoms with Crippen molar-refractivity contribution >= 4 is 33.7 Å². The number of hydrogen-bond acceptors (Lipinski definition) is 6. The minimum atomic E-state index is -0.399. The number of halogens is 1. The summed E-state index contributed by atoms with van der Waals surface area (Å²) in [6.45, 7) is 1.19. The molecule has 5 nitrogen and oxygen atoms in total. The summed E-state index contributed by atoms with van der Waals surface area (Å²) in [7, 11) is 0. The fraction of sp³-hybridized carbons (Fsp3) is 0.250. The molecule has 120 valence electrons. The maximum absolute atomic E-state index is 12.3. The van der Waals surface area contributed by atoms with Gasteiger partial charge in [-0.2, -0.15) is 0 Å². The van der Waals surface area contributed by atoms with Gasteiger partial charge in [-0.05, 0) is 30.5 Å². The Kier molecular flexibility index (Phi) is 5.07. The molecule has 2 aromatic rings. The third-order valence-electron chi connectivity index (χ3n) is 3.25. The number of nitrogens with zero attached hydrogens (tertiary/aromatic N) is 1. The average Bonchev–Trinajstić information content (AvgIpc) is 2.59. The second-order valence-corrected chi connectivity index (χ2v) is 6.37. The summed E-state index contributed by atoms with van der Waals surface area (Å²) in [4.78, 5) is 16.4. The third-order valence-corrected chi connectivity index (χ3v) is 4.70. The first kappa shape index (κ1) is 16.1. The van der Waals surface area contributed by atoms with E-state index in [9.17, 15) is 4.79 Å². The Morgan fingerprint density at radius 3 is 2.83 bits per heavy atom. The molecule has 3 rings (SSSR count). The maximum Gasteiger partial charge on any atom is 0.341 e. The third kappa shape index (κ3) is 3.61. The molecular weight excluding hydrogens is 382 g/mol. The highest BCUT2D eigenvalue weighted by Gasteiger charge is 2.17. The zero-order valence-corrected chi connectivity index (χ0v) is 14.8. The van der Waals surface area contributed by atoms with Gasteiger partial charge in [0.15, 0.2) is 11.5 Å². The largest absolute Gasteiger partial charge is 0.486 e. The van der Waals surface area contributed by atoms with Crippen molar-refractivity contribution in [3.05, 3.63) is 46.1 Å². The minimum Gasteiger partial charge on any atom is -0.486 e. The van der Waals surface area contributed by atoms with Gasteiger partial charge in [0.25, 0.3) is 0 Å². The van der Waals surface area contributed by atoms with Crippen LogP contribution < -0.4 is 9.47 Å². The monoisotopic (exact) mass is 395 g/mol. The van der Waals surface area contributed by atoms with E-state index >= 15 is 0 Å². The van der Waals surface area contributed by atoms with Crippen LogP contribution in [0.2, 0.25) is 0 Å². The van der Waals surface area contributed by atoms with Gasteiger partial charge in [0.1, 0.15) is 24.8 Å². The van der Waals surface area contributed by atoms with Crippen LogP contribution in [0.3, 0.4) is 0 Å². The van der Waals surface area contributed by atoms with Gasteiger partial charge in [0.2, 0.25) is 0 Å². The van der Waals surface area contributed by atoms with Crippen LogP contribution in [0, 0.1) is 0 Å². The van der Waals surface area contributed by atoms with Crippen LogP contribution >= 0.6 is 27.7 Å². The van der Waals surface area contributed by atoms with Crippen LogP contribution in [0.4, 0.5) is 0 Å². The van der Waals surface area contributed by atoms with Crippen LogP contribution in [-0.4, -0.2) is 30.4 Å². The number of pyridine rings is 1. The molecule has 1 aliphatic heterocycles. The van der Waals surface area contributed by atoms with Crippen molar-refractivity contribution in [1.29, 1.82) is 0 Å². The van der Waals surface area contributed by atoms with Crippen molar-refractivity contribution in [2.45, 2.75) is 11.6 Å². The molecule has 0 atom stereocenters. The molecule has 1 aromatic heterocycles. The standard InChI is InChI=1S/C16H14BrNO4S/c1-23-15-11(3-2-4-18-15)16(19)22-9-10-7-13-14(8-12(10)17)21-6-5-20-13/h2-4,7-8H,5-6,9H2,1H3. The summed E-state index contributed by atoms with van der Waals surface area (Å²) in [5.41, 5.74) is 1.28. The molecule has 0 saturated carbocycles. The Labute approximate surface area is 146 Å². The summed E-state index contributed by atoms with van der Waals surface area (Å²) < 4.78 is 17.3. The van der Waals surface area contributed by atoms with E-state index in [2.05, 4.69) is 20.9 Å². The highest BCUT2D eigenvalue weighted by Crippen LogP contribution is 2.35. The van der Waals surface area contributed by atoms with Crippen LogP contribution in [0.15, 0.2) is 40.0 Å². The van der Waals surface area contributed by atoms with Crippen LogP contribution in [-0.2, 0) is 11.3 Å². The Balaban J connectivity index is 1.74. The fourth-order valence-electron chi connectivity index (χ4n) is 2.15. The lowest BCUT2D eigenvalue weighted by Crippen LogP contribution is -2.16. The molecule has 0 saturated heterocycles. The fourth-order valence-corrected chi connectivity index (χ4v) is 3.12. The van der Waals surface area contributed by atoms with E-state index in [1.165, 1.54) is 11.8 Å². The first-order valence-electron chi connectivity index (χ1n) is 6.93. The Morgan fingerprint density at radius 1 is 1.35 bits per heavy atom. The van der Waals surface area contributed by atoms with Crippen molar-refractivity contribution in [3.63, 3.8) is 0 Å². The van der Waals surface area contributed by atoms with Gasteiger partial charge in [-0.25, -0.2) is 9.78 Å². The SMILES string of the molecule is CSc1ncccc1C(=O)OCc1cc2c(cc1Br)OCCO2. The quantitative estimate of drug-likeness (QED) is 0.581. The van der Waals surface area contributed by atoms with Crippen LogP contribution in [0.25, 0.3) is 0 Å². The first-order chi connectivity index (χ1) is 11.2. The van der Waals surface area contributed by atoms with E-state index < -0.39 is 5.97 Å². The van der Waals surface area contributed by atoms with Gasteiger partial charge in [-0.1, -0.05) is 15.9 Å². The number of ether oxygens (including phenoxy) is 3. The Hall–Kier alpha value is -1.73. The molecule has 0 bridgehead atoms. The highest BCUT2D eigenvalue weighted by atomic mass is 79.9. The summed E-state index contributed by atoms with van der Waals surface area (Å²) in [5.74, 6) is 0.955. The van der Waals surface area contributed by atoms with Gasteiger partial charge in [0, 0.05) is 16.2 Å². The number of rotatable bonds is 4. The number of aromatic nitrogens is 1. The second kappa shape index (κ2) is 7.23. The van der Waals surface area contributed by atoms with Gasteiger partial charge >= 0.3 is 5.97 Å². The van der Waals surface area contributed by atoms with Crippen LogP contribution in [0.5, 0.6) is 11.5 Å². The summed E-state index contributed by atoms with van der Waals surface area (Å²) in [5, 5.41) is 0.652. The van der Waals surface area contributed by atoms with Crippen molar-refractivity contribution in [2.75, 3.05) is 19.5 Å². The van der Waals surface area contributed by atoms with Gasteiger partial charge < -0.3 is 14.2 Å². The molecule has 23 heavy (non-hydrogen) atoms. The van der Waals surface area contributed by atoms with Crippen molar-refractivity contribution < 1.29 is 19.0 Å². The molecular formula is C16H14BrNO4S. The first-order valence-corrected chi connectivity index (χ1v) is 8.95. The topological polar surface area (TPSA) is 57.7 Å². The maximum atomic E-state index is 12.3. The van der Waals surface area contributed by atoms with Gasteiger partial charge in [0.05, 0.1) is 5.56 Å². The highest BCUT2D eigenvalue weighted by molar-refractivity contribution is 9.10. The molecule has 1 aromatic carbocycles. The molecule has 0 N–H and O–H groups in total. The number of esters is 1. The van der Waals surface area contributed by atoms with Crippen molar-refractivity contribution in [2.24, 2.45) is 0 Å². The Morgan fingerprint density at radius 2 is 2.09 bits per heavy atom. The summed E-state index contributed by atoms with van der Waals surface area (Å²) in [6.07, 6.45) is 3.52. The predicted molar refractivity (Wildman–Crippen MR) is 90.3 cm³/mol. The number of carbonyl (C=O) groups is 1.